The van der Waals surface area contributed by atoms with E-state index in [9.17, 15) is 18.3 Å². The van der Waals surface area contributed by atoms with Gasteiger partial charge < -0.3 is 14.4 Å². The minimum Gasteiger partial charge on any atom is -0.481 e. The minimum atomic E-state index is -3.85. The third-order valence-corrected chi connectivity index (χ3v) is 4.55. The molecule has 19 heavy (non-hydrogen) atoms. The lowest BCUT2D eigenvalue weighted by Gasteiger charge is -2.24. The first-order chi connectivity index (χ1) is 8.75. The number of aryl methyl sites for hydroxylation is 1. The molecular weight excluding hydrogens is 274 g/mol. The molecule has 8 nitrogen and oxygen atoms in total. The van der Waals surface area contributed by atoms with Gasteiger partial charge >= 0.3 is 5.97 Å². The first-order valence-corrected chi connectivity index (χ1v) is 7.05. The quantitative estimate of drug-likeness (QED) is 0.750. The smallest absolute Gasteiger partial charge is 0.313 e. The zero-order chi connectivity index (χ0) is 14.3. The number of carboxylic acid groups (broad SMARTS) is 1. The van der Waals surface area contributed by atoms with Crippen LogP contribution in [0.15, 0.2) is 17.6 Å². The predicted octanol–water partition coefficient (Wildman–Crippen LogP) is -0.812. The predicted molar refractivity (Wildman–Crippen MR) is 63.9 cm³/mol. The summed E-state index contributed by atoms with van der Waals surface area (Å²) in [6, 6.07) is -0.822. The number of sulfonamides is 1. The first-order valence-electron chi connectivity index (χ1n) is 5.57. The molecule has 0 spiro atoms. The molecule has 0 amide bonds. The van der Waals surface area contributed by atoms with E-state index in [0.717, 1.165) is 0 Å². The normalized spacial score (nSPS) is 27.6. The number of imidazole rings is 1. The Kier molecular flexibility index (Phi) is 3.37. The summed E-state index contributed by atoms with van der Waals surface area (Å²) in [4.78, 5) is 15.0. The van der Waals surface area contributed by atoms with Crippen LogP contribution in [0.5, 0.6) is 0 Å². The molecule has 106 valence electrons. The minimum absolute atomic E-state index is 0.0227. The van der Waals surface area contributed by atoms with Gasteiger partial charge in [0.15, 0.2) is 5.03 Å². The highest BCUT2D eigenvalue weighted by atomic mass is 32.2. The van der Waals surface area contributed by atoms with Gasteiger partial charge in [0.1, 0.15) is 5.41 Å². The number of rotatable bonds is 4. The van der Waals surface area contributed by atoms with Gasteiger partial charge in [0.25, 0.3) is 10.0 Å². The van der Waals surface area contributed by atoms with Gasteiger partial charge in [-0.15, -0.1) is 0 Å². The van der Waals surface area contributed by atoms with Crippen LogP contribution in [-0.4, -0.2) is 48.3 Å². The van der Waals surface area contributed by atoms with E-state index in [4.69, 9.17) is 4.74 Å². The van der Waals surface area contributed by atoms with Gasteiger partial charge in [0.2, 0.25) is 0 Å². The molecule has 9 heteroatoms. The molecule has 1 fully saturated rings. The van der Waals surface area contributed by atoms with Gasteiger partial charge in [-0.25, -0.2) is 18.1 Å². The average molecular weight is 289 g/mol. The first kappa shape index (κ1) is 14.0. The number of carboxylic acids is 1. The molecular formula is C10H15N3O5S. The van der Waals surface area contributed by atoms with Crippen molar-refractivity contribution in [2.45, 2.75) is 18.0 Å². The van der Waals surface area contributed by atoms with E-state index >= 15 is 0 Å². The van der Waals surface area contributed by atoms with Crippen LogP contribution in [0, 0.1) is 5.41 Å². The van der Waals surface area contributed by atoms with Crippen molar-refractivity contribution in [3.8, 4) is 0 Å². The molecule has 1 saturated heterocycles. The van der Waals surface area contributed by atoms with Crippen molar-refractivity contribution in [1.82, 2.24) is 14.3 Å². The molecule has 1 aliphatic heterocycles. The summed E-state index contributed by atoms with van der Waals surface area (Å²) in [7, 11) is -2.21. The molecule has 2 heterocycles. The fourth-order valence-corrected chi connectivity index (χ4v) is 3.14. The van der Waals surface area contributed by atoms with Gasteiger partial charge in [0, 0.05) is 13.2 Å². The van der Waals surface area contributed by atoms with Crippen LogP contribution in [0.25, 0.3) is 0 Å². The molecule has 2 N–H and O–H groups in total. The molecule has 1 aromatic rings. The molecule has 0 bridgehead atoms. The second-order valence-electron chi connectivity index (χ2n) is 4.79. The monoisotopic (exact) mass is 289 g/mol. The van der Waals surface area contributed by atoms with Crippen molar-refractivity contribution in [3.05, 3.63) is 12.5 Å². The Bertz CT molecular complexity index is 596. The number of carbonyl (C=O) groups is 1. The lowest BCUT2D eigenvalue weighted by Crippen LogP contribution is -2.49. The SMILES string of the molecule is Cn1cnc(S(=O)(=O)NC2COCC2(C)C(=O)O)c1. The number of aromatic nitrogens is 2. The molecule has 0 saturated carbocycles. The fraction of sp³-hybridized carbons (Fsp3) is 0.600. The topological polar surface area (TPSA) is 111 Å². The Morgan fingerprint density at radius 2 is 2.37 bits per heavy atom. The molecule has 2 rings (SSSR count). The van der Waals surface area contributed by atoms with E-state index in [2.05, 4.69) is 9.71 Å². The summed E-state index contributed by atoms with van der Waals surface area (Å²) >= 11 is 0. The Balaban J connectivity index is 2.23. The van der Waals surface area contributed by atoms with Gasteiger partial charge in [-0.1, -0.05) is 0 Å². The van der Waals surface area contributed by atoms with Crippen molar-refractivity contribution in [2.24, 2.45) is 12.5 Å². The van der Waals surface area contributed by atoms with Gasteiger partial charge in [-0.05, 0) is 6.92 Å². The maximum absolute atomic E-state index is 12.1. The summed E-state index contributed by atoms with van der Waals surface area (Å²) in [5, 5.41) is 9.04. The van der Waals surface area contributed by atoms with Crippen molar-refractivity contribution in [3.63, 3.8) is 0 Å². The van der Waals surface area contributed by atoms with Crippen molar-refractivity contribution in [1.29, 1.82) is 0 Å². The van der Waals surface area contributed by atoms with Crippen LogP contribution in [0.3, 0.4) is 0 Å². The highest BCUT2D eigenvalue weighted by Crippen LogP contribution is 2.29. The van der Waals surface area contributed by atoms with E-state index in [1.54, 1.807) is 7.05 Å². The third kappa shape index (κ3) is 2.48. The largest absolute Gasteiger partial charge is 0.481 e. The fourth-order valence-electron chi connectivity index (χ4n) is 1.82. The second kappa shape index (κ2) is 4.58. The average Bonchev–Trinajstić information content (AvgIpc) is 2.87. The highest BCUT2D eigenvalue weighted by molar-refractivity contribution is 7.89. The number of hydrogen-bond donors (Lipinski definition) is 2. The van der Waals surface area contributed by atoms with Gasteiger partial charge in [0.05, 0.1) is 25.6 Å². The molecule has 1 aromatic heterocycles. The molecule has 0 aromatic carbocycles. The lowest BCUT2D eigenvalue weighted by atomic mass is 9.86. The maximum Gasteiger partial charge on any atom is 0.313 e. The maximum atomic E-state index is 12.1. The summed E-state index contributed by atoms with van der Waals surface area (Å²) in [6.45, 7) is 1.44. The standard InChI is InChI=1S/C10H15N3O5S/c1-10(9(14)15)5-18-4-7(10)12-19(16,17)8-3-13(2)6-11-8/h3,6-7,12H,4-5H2,1-2H3,(H,14,15). The molecule has 0 radical (unpaired) electrons. The van der Waals surface area contributed by atoms with Crippen LogP contribution in [0.1, 0.15) is 6.92 Å². The highest BCUT2D eigenvalue weighted by Gasteiger charge is 2.48. The van der Waals surface area contributed by atoms with E-state index in [1.165, 1.54) is 24.0 Å². The lowest BCUT2D eigenvalue weighted by molar-refractivity contribution is -0.148. The van der Waals surface area contributed by atoms with E-state index in [-0.39, 0.29) is 18.2 Å². The second-order valence-corrected chi connectivity index (χ2v) is 6.45. The summed E-state index contributed by atoms with van der Waals surface area (Å²) in [5.41, 5.74) is -1.28. The Hall–Kier alpha value is -1.45. The van der Waals surface area contributed by atoms with Crippen LogP contribution in [0.2, 0.25) is 0 Å². The van der Waals surface area contributed by atoms with Crippen LogP contribution in [0.4, 0.5) is 0 Å². The van der Waals surface area contributed by atoms with Crippen LogP contribution in [-0.2, 0) is 26.6 Å². The molecule has 2 unspecified atom stereocenters. The molecule has 1 aliphatic rings. The number of hydrogen-bond acceptors (Lipinski definition) is 5. The van der Waals surface area contributed by atoms with E-state index < -0.39 is 27.4 Å². The molecule has 0 aliphatic carbocycles. The Labute approximate surface area is 110 Å². The van der Waals surface area contributed by atoms with Crippen molar-refractivity contribution < 1.29 is 23.1 Å². The van der Waals surface area contributed by atoms with Crippen LogP contribution < -0.4 is 4.72 Å². The number of nitrogens with zero attached hydrogens (tertiary/aromatic N) is 2. The summed E-state index contributed by atoms with van der Waals surface area (Å²) in [6.07, 6.45) is 2.70. The zero-order valence-electron chi connectivity index (χ0n) is 10.5. The summed E-state index contributed by atoms with van der Waals surface area (Å²) < 4.78 is 33.1. The zero-order valence-corrected chi connectivity index (χ0v) is 11.3. The van der Waals surface area contributed by atoms with E-state index in [0.29, 0.717) is 0 Å². The number of nitrogens with one attached hydrogen (secondary N) is 1. The Morgan fingerprint density at radius 3 is 2.89 bits per heavy atom. The van der Waals surface area contributed by atoms with Crippen molar-refractivity contribution in [2.75, 3.05) is 13.2 Å². The van der Waals surface area contributed by atoms with Gasteiger partial charge in [-0.2, -0.15) is 0 Å². The molecule has 2 atom stereocenters. The Morgan fingerprint density at radius 1 is 1.68 bits per heavy atom. The number of ether oxygens (including phenoxy) is 1. The van der Waals surface area contributed by atoms with E-state index in [1.807, 2.05) is 0 Å². The van der Waals surface area contributed by atoms with Gasteiger partial charge in [-0.3, -0.25) is 4.79 Å². The number of aliphatic carboxylic acids is 1. The third-order valence-electron chi connectivity index (χ3n) is 3.20. The van der Waals surface area contributed by atoms with Crippen molar-refractivity contribution >= 4 is 16.0 Å². The van der Waals surface area contributed by atoms with Crippen LogP contribution >= 0.6 is 0 Å². The summed E-state index contributed by atoms with van der Waals surface area (Å²) in [5.74, 6) is -1.10.